The molecule has 1 aromatic rings. The summed E-state index contributed by atoms with van der Waals surface area (Å²) in [4.78, 5) is 13.6. The molecule has 1 saturated carbocycles. The molecule has 2 fully saturated rings. The van der Waals surface area contributed by atoms with E-state index in [1.54, 1.807) is 0 Å². The van der Waals surface area contributed by atoms with Crippen LogP contribution in [0.2, 0.25) is 0 Å². The number of amides is 1. The molecule has 3 nitrogen and oxygen atoms in total. The van der Waals surface area contributed by atoms with Gasteiger partial charge in [0.1, 0.15) is 0 Å². The van der Waals surface area contributed by atoms with E-state index in [0.29, 0.717) is 12.0 Å². The molecule has 17 heavy (non-hydrogen) atoms. The molecule has 3 atom stereocenters. The Kier molecular flexibility index (Phi) is 2.63. The molecule has 1 aromatic carbocycles. The lowest BCUT2D eigenvalue weighted by Crippen LogP contribution is -2.38. The fourth-order valence-electron chi connectivity index (χ4n) is 2.68. The number of hydrogen-bond donors (Lipinski definition) is 1. The van der Waals surface area contributed by atoms with E-state index < -0.39 is 0 Å². The Balaban J connectivity index is 1.58. The SMILES string of the molecule is CN1CCC(NC2CC2c2ccccc2)C1=O. The Hall–Kier alpha value is -1.35. The third kappa shape index (κ3) is 2.07. The average molecular weight is 230 g/mol. The summed E-state index contributed by atoms with van der Waals surface area (Å²) in [6, 6.07) is 11.1. The second kappa shape index (κ2) is 4.15. The highest BCUT2D eigenvalue weighted by Crippen LogP contribution is 2.41. The van der Waals surface area contributed by atoms with E-state index in [1.807, 2.05) is 18.0 Å². The van der Waals surface area contributed by atoms with E-state index in [-0.39, 0.29) is 11.9 Å². The number of nitrogens with zero attached hydrogens (tertiary/aromatic N) is 1. The molecule has 0 bridgehead atoms. The molecule has 1 aliphatic carbocycles. The van der Waals surface area contributed by atoms with Gasteiger partial charge in [-0.25, -0.2) is 0 Å². The Morgan fingerprint density at radius 1 is 1.29 bits per heavy atom. The summed E-state index contributed by atoms with van der Waals surface area (Å²) in [6.45, 7) is 0.888. The van der Waals surface area contributed by atoms with Crippen LogP contribution < -0.4 is 5.32 Å². The van der Waals surface area contributed by atoms with Crippen LogP contribution in [-0.2, 0) is 4.79 Å². The van der Waals surface area contributed by atoms with E-state index in [9.17, 15) is 4.79 Å². The molecule has 0 radical (unpaired) electrons. The summed E-state index contributed by atoms with van der Waals surface area (Å²) in [5.74, 6) is 0.860. The Morgan fingerprint density at radius 3 is 2.71 bits per heavy atom. The molecule has 90 valence electrons. The number of carbonyl (C=O) groups excluding carboxylic acids is 1. The second-order valence-corrected chi connectivity index (χ2v) is 5.13. The summed E-state index contributed by atoms with van der Waals surface area (Å²) in [5, 5.41) is 3.49. The van der Waals surface area contributed by atoms with Crippen molar-refractivity contribution in [3.63, 3.8) is 0 Å². The zero-order chi connectivity index (χ0) is 11.8. The van der Waals surface area contributed by atoms with Gasteiger partial charge in [0.25, 0.3) is 0 Å². The minimum atomic E-state index is 0.0544. The predicted molar refractivity (Wildman–Crippen MR) is 66.8 cm³/mol. The third-order valence-electron chi connectivity index (χ3n) is 3.86. The summed E-state index contributed by atoms with van der Waals surface area (Å²) in [6.07, 6.45) is 2.12. The first-order chi connectivity index (χ1) is 8.25. The zero-order valence-electron chi connectivity index (χ0n) is 10.1. The van der Waals surface area contributed by atoms with Crippen LogP contribution in [0, 0.1) is 0 Å². The van der Waals surface area contributed by atoms with Crippen LogP contribution in [0.25, 0.3) is 0 Å². The largest absolute Gasteiger partial charge is 0.344 e. The molecular weight excluding hydrogens is 212 g/mol. The molecular formula is C14H18N2O. The first-order valence-electron chi connectivity index (χ1n) is 6.31. The smallest absolute Gasteiger partial charge is 0.239 e. The number of hydrogen-bond acceptors (Lipinski definition) is 2. The van der Waals surface area contributed by atoms with E-state index in [2.05, 4.69) is 29.6 Å². The van der Waals surface area contributed by atoms with Crippen LogP contribution in [0.3, 0.4) is 0 Å². The quantitative estimate of drug-likeness (QED) is 0.850. The Bertz CT molecular complexity index is 417. The fraction of sp³-hybridized carbons (Fsp3) is 0.500. The molecule has 2 aliphatic rings. The summed E-state index contributed by atoms with van der Waals surface area (Å²) in [5.41, 5.74) is 1.39. The first-order valence-corrected chi connectivity index (χ1v) is 6.31. The lowest BCUT2D eigenvalue weighted by molar-refractivity contribution is -0.128. The highest BCUT2D eigenvalue weighted by molar-refractivity contribution is 5.83. The molecule has 3 heteroatoms. The van der Waals surface area contributed by atoms with Crippen LogP contribution in [0.4, 0.5) is 0 Å². The predicted octanol–water partition coefficient (Wildman–Crippen LogP) is 1.36. The Morgan fingerprint density at radius 2 is 2.06 bits per heavy atom. The van der Waals surface area contributed by atoms with E-state index >= 15 is 0 Å². The van der Waals surface area contributed by atoms with E-state index in [4.69, 9.17) is 0 Å². The highest BCUT2D eigenvalue weighted by Gasteiger charge is 2.42. The van der Waals surface area contributed by atoms with Crippen molar-refractivity contribution < 1.29 is 4.79 Å². The lowest BCUT2D eigenvalue weighted by Gasteiger charge is -2.12. The van der Waals surface area contributed by atoms with Crippen molar-refractivity contribution in [1.82, 2.24) is 10.2 Å². The van der Waals surface area contributed by atoms with Gasteiger partial charge in [-0.3, -0.25) is 4.79 Å². The van der Waals surface area contributed by atoms with Gasteiger partial charge in [-0.05, 0) is 18.4 Å². The topological polar surface area (TPSA) is 32.3 Å². The van der Waals surface area contributed by atoms with Crippen molar-refractivity contribution in [3.05, 3.63) is 35.9 Å². The van der Waals surface area contributed by atoms with Crippen LogP contribution >= 0.6 is 0 Å². The number of likely N-dealkylation sites (tertiary alicyclic amines) is 1. The van der Waals surface area contributed by atoms with Gasteiger partial charge < -0.3 is 10.2 Å². The fourth-order valence-corrected chi connectivity index (χ4v) is 2.68. The van der Waals surface area contributed by atoms with Crippen molar-refractivity contribution >= 4 is 5.91 Å². The van der Waals surface area contributed by atoms with Gasteiger partial charge in [-0.1, -0.05) is 30.3 Å². The lowest BCUT2D eigenvalue weighted by atomic mass is 10.1. The highest BCUT2D eigenvalue weighted by atomic mass is 16.2. The number of likely N-dealkylation sites (N-methyl/N-ethyl adjacent to an activating group) is 1. The molecule has 1 amide bonds. The molecule has 3 rings (SSSR count). The van der Waals surface area contributed by atoms with E-state index in [1.165, 1.54) is 5.56 Å². The van der Waals surface area contributed by atoms with Gasteiger partial charge in [-0.2, -0.15) is 0 Å². The van der Waals surface area contributed by atoms with Gasteiger partial charge in [0, 0.05) is 25.6 Å². The number of carbonyl (C=O) groups is 1. The minimum Gasteiger partial charge on any atom is -0.344 e. The summed E-state index contributed by atoms with van der Waals surface area (Å²) < 4.78 is 0. The molecule has 1 aliphatic heterocycles. The number of rotatable bonds is 3. The minimum absolute atomic E-state index is 0.0544. The Labute approximate surface area is 102 Å². The standard InChI is InChI=1S/C14H18N2O/c1-16-8-7-12(14(16)17)15-13-9-11(13)10-5-3-2-4-6-10/h2-6,11-13,15H,7-9H2,1H3. The second-order valence-electron chi connectivity index (χ2n) is 5.13. The third-order valence-corrected chi connectivity index (χ3v) is 3.86. The van der Waals surface area contributed by atoms with Crippen molar-refractivity contribution in [2.45, 2.75) is 30.8 Å². The molecule has 3 unspecified atom stereocenters. The van der Waals surface area contributed by atoms with Crippen LogP contribution in [0.1, 0.15) is 24.3 Å². The monoisotopic (exact) mass is 230 g/mol. The van der Waals surface area contributed by atoms with Crippen molar-refractivity contribution in [1.29, 1.82) is 0 Å². The zero-order valence-corrected chi connectivity index (χ0v) is 10.1. The summed E-state index contributed by atoms with van der Waals surface area (Å²) in [7, 11) is 1.88. The van der Waals surface area contributed by atoms with Gasteiger partial charge in [0.2, 0.25) is 5.91 Å². The van der Waals surface area contributed by atoms with E-state index in [0.717, 1.165) is 19.4 Å². The molecule has 1 N–H and O–H groups in total. The molecule has 1 saturated heterocycles. The molecule has 0 aromatic heterocycles. The summed E-state index contributed by atoms with van der Waals surface area (Å²) >= 11 is 0. The van der Waals surface area contributed by atoms with Gasteiger partial charge in [0.15, 0.2) is 0 Å². The number of benzene rings is 1. The van der Waals surface area contributed by atoms with Crippen molar-refractivity contribution in [2.24, 2.45) is 0 Å². The number of nitrogens with one attached hydrogen (secondary N) is 1. The van der Waals surface area contributed by atoms with Gasteiger partial charge in [-0.15, -0.1) is 0 Å². The molecule has 0 spiro atoms. The van der Waals surface area contributed by atoms with Crippen molar-refractivity contribution in [2.75, 3.05) is 13.6 Å². The normalized spacial score (nSPS) is 31.9. The average Bonchev–Trinajstić information content (AvgIpc) is 3.06. The first kappa shape index (κ1) is 10.8. The maximum atomic E-state index is 11.8. The van der Waals surface area contributed by atoms with Crippen LogP contribution in [-0.4, -0.2) is 36.5 Å². The maximum absolute atomic E-state index is 11.8. The molecule has 1 heterocycles. The van der Waals surface area contributed by atoms with Crippen LogP contribution in [0.15, 0.2) is 30.3 Å². The van der Waals surface area contributed by atoms with Crippen molar-refractivity contribution in [3.8, 4) is 0 Å². The van der Waals surface area contributed by atoms with Crippen LogP contribution in [0.5, 0.6) is 0 Å². The van der Waals surface area contributed by atoms with Gasteiger partial charge in [0.05, 0.1) is 6.04 Å². The maximum Gasteiger partial charge on any atom is 0.239 e. The van der Waals surface area contributed by atoms with Gasteiger partial charge >= 0.3 is 0 Å².